The van der Waals surface area contributed by atoms with Gasteiger partial charge in [0.1, 0.15) is 0 Å². The van der Waals surface area contributed by atoms with Gasteiger partial charge in [-0.25, -0.2) is 0 Å². The Hall–Kier alpha value is 0.0600. The molecule has 1 unspecified atom stereocenters. The fourth-order valence-electron chi connectivity index (χ4n) is 0.423. The van der Waals surface area contributed by atoms with Gasteiger partial charge in [0.15, 0.2) is 0 Å². The van der Waals surface area contributed by atoms with Gasteiger partial charge in [0.2, 0.25) is 0 Å². The standard InChI is InChI=1S/C5H12O4S2/c1-3-10(6)5-4-9-11(2,7)8/h3-5H2,1-2H3. The van der Waals surface area contributed by atoms with Crippen LogP contribution in [-0.2, 0) is 25.1 Å². The molecule has 0 N–H and O–H groups in total. The lowest BCUT2D eigenvalue weighted by atomic mass is 10.9. The average molecular weight is 200 g/mol. The van der Waals surface area contributed by atoms with Crippen LogP contribution in [0.2, 0.25) is 0 Å². The molecule has 11 heavy (non-hydrogen) atoms. The van der Waals surface area contributed by atoms with Crippen molar-refractivity contribution in [3.63, 3.8) is 0 Å². The van der Waals surface area contributed by atoms with Gasteiger partial charge in [-0.05, 0) is 0 Å². The van der Waals surface area contributed by atoms with Crippen molar-refractivity contribution >= 4 is 20.9 Å². The maximum Gasteiger partial charge on any atom is 0.264 e. The molecular weight excluding hydrogens is 188 g/mol. The Morgan fingerprint density at radius 1 is 1.45 bits per heavy atom. The summed E-state index contributed by atoms with van der Waals surface area (Å²) in [6.45, 7) is 1.79. The first-order valence-corrected chi connectivity index (χ1v) is 6.45. The van der Waals surface area contributed by atoms with E-state index in [1.807, 2.05) is 0 Å². The van der Waals surface area contributed by atoms with E-state index in [1.165, 1.54) is 0 Å². The van der Waals surface area contributed by atoms with E-state index in [9.17, 15) is 12.6 Å². The third kappa shape index (κ3) is 7.96. The van der Waals surface area contributed by atoms with Gasteiger partial charge >= 0.3 is 0 Å². The van der Waals surface area contributed by atoms with E-state index in [-0.39, 0.29) is 12.4 Å². The van der Waals surface area contributed by atoms with Crippen LogP contribution >= 0.6 is 0 Å². The molecule has 0 heterocycles. The molecule has 68 valence electrons. The van der Waals surface area contributed by atoms with Gasteiger partial charge in [0.05, 0.1) is 12.9 Å². The normalized spacial score (nSPS) is 14.7. The Morgan fingerprint density at radius 2 is 2.00 bits per heavy atom. The number of hydrogen-bond acceptors (Lipinski definition) is 4. The van der Waals surface area contributed by atoms with E-state index >= 15 is 0 Å². The molecule has 4 nitrogen and oxygen atoms in total. The summed E-state index contributed by atoms with van der Waals surface area (Å²) in [4.78, 5) is 0. The van der Waals surface area contributed by atoms with Crippen molar-refractivity contribution in [3.8, 4) is 0 Å². The Bertz CT molecular complexity index is 219. The molecule has 0 aromatic carbocycles. The quantitative estimate of drug-likeness (QED) is 0.573. The molecule has 0 aromatic rings. The average Bonchev–Trinajstić information content (AvgIpc) is 1.85. The first kappa shape index (κ1) is 11.1. The molecule has 0 aromatic heterocycles. The molecule has 0 radical (unpaired) electrons. The van der Waals surface area contributed by atoms with Gasteiger partial charge in [-0.1, -0.05) is 6.92 Å². The van der Waals surface area contributed by atoms with E-state index in [0.29, 0.717) is 5.75 Å². The summed E-state index contributed by atoms with van der Waals surface area (Å²) in [5, 5.41) is 0. The highest BCUT2D eigenvalue weighted by atomic mass is 32.2. The summed E-state index contributed by atoms with van der Waals surface area (Å²) >= 11 is 0. The van der Waals surface area contributed by atoms with Crippen LogP contribution < -0.4 is 0 Å². The van der Waals surface area contributed by atoms with Crippen LogP contribution in [0.3, 0.4) is 0 Å². The second kappa shape index (κ2) is 4.84. The van der Waals surface area contributed by atoms with E-state index in [0.717, 1.165) is 6.26 Å². The molecule has 1 atom stereocenters. The van der Waals surface area contributed by atoms with Crippen molar-refractivity contribution in [2.45, 2.75) is 6.92 Å². The zero-order valence-corrected chi connectivity index (χ0v) is 8.20. The van der Waals surface area contributed by atoms with E-state index in [1.54, 1.807) is 6.92 Å². The zero-order chi connectivity index (χ0) is 8.91. The van der Waals surface area contributed by atoms with Crippen molar-refractivity contribution < 1.29 is 16.8 Å². The van der Waals surface area contributed by atoms with Crippen molar-refractivity contribution in [1.82, 2.24) is 0 Å². The first-order chi connectivity index (χ1) is 4.95. The summed E-state index contributed by atoms with van der Waals surface area (Å²) in [6.07, 6.45) is 0.974. The first-order valence-electron chi connectivity index (χ1n) is 3.15. The van der Waals surface area contributed by atoms with Crippen LogP contribution in [-0.4, -0.2) is 37.0 Å². The Morgan fingerprint density at radius 3 is 2.36 bits per heavy atom. The Labute approximate surface area is 69.5 Å². The van der Waals surface area contributed by atoms with Crippen molar-refractivity contribution in [3.05, 3.63) is 0 Å². The van der Waals surface area contributed by atoms with Gasteiger partial charge in [0, 0.05) is 22.3 Å². The third-order valence-corrected chi connectivity index (χ3v) is 2.79. The van der Waals surface area contributed by atoms with Crippen LogP contribution in [0.5, 0.6) is 0 Å². The molecule has 0 spiro atoms. The second-order valence-corrected chi connectivity index (χ2v) is 5.47. The molecule has 0 saturated carbocycles. The molecule has 0 amide bonds. The van der Waals surface area contributed by atoms with Crippen LogP contribution in [0.15, 0.2) is 0 Å². The zero-order valence-electron chi connectivity index (χ0n) is 6.57. The monoisotopic (exact) mass is 200 g/mol. The van der Waals surface area contributed by atoms with E-state index < -0.39 is 20.9 Å². The van der Waals surface area contributed by atoms with Crippen LogP contribution in [0.4, 0.5) is 0 Å². The maximum atomic E-state index is 10.7. The largest absolute Gasteiger partial charge is 0.269 e. The molecule has 0 rings (SSSR count). The van der Waals surface area contributed by atoms with Gasteiger partial charge in [-0.15, -0.1) is 0 Å². The lowest BCUT2D eigenvalue weighted by Crippen LogP contribution is -2.11. The van der Waals surface area contributed by atoms with Crippen molar-refractivity contribution in [2.24, 2.45) is 0 Å². The number of hydrogen-bond donors (Lipinski definition) is 0. The second-order valence-electron chi connectivity index (χ2n) is 1.96. The molecule has 0 aliphatic rings. The lowest BCUT2D eigenvalue weighted by Gasteiger charge is -1.98. The minimum absolute atomic E-state index is 0.0132. The fraction of sp³-hybridized carbons (Fsp3) is 1.00. The smallest absolute Gasteiger partial charge is 0.264 e. The van der Waals surface area contributed by atoms with Gasteiger partial charge < -0.3 is 0 Å². The topological polar surface area (TPSA) is 60.4 Å². The summed E-state index contributed by atoms with van der Waals surface area (Å²) in [7, 11) is -4.31. The van der Waals surface area contributed by atoms with Gasteiger partial charge in [-0.2, -0.15) is 8.42 Å². The Balaban J connectivity index is 3.51. The van der Waals surface area contributed by atoms with E-state index in [2.05, 4.69) is 4.18 Å². The highest BCUT2D eigenvalue weighted by Gasteiger charge is 2.02. The minimum Gasteiger partial charge on any atom is -0.269 e. The van der Waals surface area contributed by atoms with E-state index in [4.69, 9.17) is 0 Å². The summed E-state index contributed by atoms with van der Waals surface area (Å²) in [5.41, 5.74) is 0. The molecule has 0 aliphatic heterocycles. The summed E-state index contributed by atoms with van der Waals surface area (Å²) in [5.74, 6) is 0.816. The SMILES string of the molecule is CCS(=O)CCOS(C)(=O)=O. The maximum absolute atomic E-state index is 10.7. The number of rotatable bonds is 5. The summed E-state index contributed by atoms with van der Waals surface area (Å²) in [6, 6.07) is 0. The van der Waals surface area contributed by atoms with Gasteiger partial charge in [-0.3, -0.25) is 8.39 Å². The fourth-order valence-corrected chi connectivity index (χ4v) is 1.47. The predicted molar refractivity (Wildman–Crippen MR) is 44.3 cm³/mol. The highest BCUT2D eigenvalue weighted by molar-refractivity contribution is 7.86. The van der Waals surface area contributed by atoms with Crippen LogP contribution in [0.25, 0.3) is 0 Å². The minimum atomic E-state index is -3.36. The molecule has 0 bridgehead atoms. The molecule has 0 fully saturated rings. The lowest BCUT2D eigenvalue weighted by molar-refractivity contribution is 0.344. The van der Waals surface area contributed by atoms with Crippen molar-refractivity contribution in [2.75, 3.05) is 24.4 Å². The molecule has 0 aliphatic carbocycles. The highest BCUT2D eigenvalue weighted by Crippen LogP contribution is 1.88. The van der Waals surface area contributed by atoms with Gasteiger partial charge in [0.25, 0.3) is 10.1 Å². The van der Waals surface area contributed by atoms with Crippen LogP contribution in [0, 0.1) is 0 Å². The molecule has 6 heteroatoms. The van der Waals surface area contributed by atoms with Crippen molar-refractivity contribution in [1.29, 1.82) is 0 Å². The van der Waals surface area contributed by atoms with Crippen LogP contribution in [0.1, 0.15) is 6.92 Å². The summed E-state index contributed by atoms with van der Waals surface area (Å²) < 4.78 is 35.9. The Kier molecular flexibility index (Phi) is 4.87. The third-order valence-electron chi connectivity index (χ3n) is 0.930. The molecular formula is C5H12O4S2. The molecule has 0 saturated heterocycles. The predicted octanol–water partition coefficient (Wildman–Crippen LogP) is -0.269.